The highest BCUT2D eigenvalue weighted by Crippen LogP contribution is 2.16. The van der Waals surface area contributed by atoms with E-state index in [0.29, 0.717) is 0 Å². The highest BCUT2D eigenvalue weighted by molar-refractivity contribution is 6.30. The number of aromatic nitrogens is 1. The van der Waals surface area contributed by atoms with Gasteiger partial charge in [-0.05, 0) is 55.8 Å². The molecule has 0 unspecified atom stereocenters. The second-order valence-corrected chi connectivity index (χ2v) is 6.46. The Hall–Kier alpha value is -1.78. The van der Waals surface area contributed by atoms with Gasteiger partial charge in [0.15, 0.2) is 0 Å². The fourth-order valence-electron chi connectivity index (χ4n) is 2.90. The third kappa shape index (κ3) is 5.11. The van der Waals surface area contributed by atoms with Crippen LogP contribution in [0.15, 0.2) is 48.7 Å². The van der Waals surface area contributed by atoms with Crippen LogP contribution in [0.3, 0.4) is 0 Å². The minimum atomic E-state index is 0.743. The van der Waals surface area contributed by atoms with Gasteiger partial charge in [0.25, 0.3) is 0 Å². The smallest absolute Gasteiger partial charge is 0.128 e. The molecule has 0 bridgehead atoms. The molecule has 1 fully saturated rings. The second kappa shape index (κ2) is 8.90. The van der Waals surface area contributed by atoms with Crippen molar-refractivity contribution in [2.24, 2.45) is 0 Å². The number of piperazine rings is 1. The number of unbranched alkanes of at least 4 members (excludes halogenated alkanes) is 1. The van der Waals surface area contributed by atoms with Crippen molar-refractivity contribution in [3.05, 3.63) is 53.7 Å². The molecule has 0 radical (unpaired) electrons. The lowest BCUT2D eigenvalue weighted by Crippen LogP contribution is -2.46. The molecule has 3 rings (SSSR count). The van der Waals surface area contributed by atoms with Crippen molar-refractivity contribution in [3.8, 4) is 5.75 Å². The van der Waals surface area contributed by atoms with E-state index in [1.54, 1.807) is 0 Å². The number of nitrogens with zero attached hydrogens (tertiary/aromatic N) is 3. The van der Waals surface area contributed by atoms with E-state index in [1.807, 2.05) is 36.5 Å². The zero-order valence-electron chi connectivity index (χ0n) is 13.9. The van der Waals surface area contributed by atoms with Crippen LogP contribution in [0.5, 0.6) is 5.75 Å². The summed E-state index contributed by atoms with van der Waals surface area (Å²) in [6.07, 6.45) is 4.10. The summed E-state index contributed by atoms with van der Waals surface area (Å²) in [6.45, 7) is 6.22. The zero-order chi connectivity index (χ0) is 16.6. The number of hydrogen-bond acceptors (Lipinski definition) is 4. The van der Waals surface area contributed by atoms with Crippen LogP contribution in [0, 0.1) is 0 Å². The maximum atomic E-state index is 5.86. The summed E-state index contributed by atoms with van der Waals surface area (Å²) >= 11 is 5.86. The van der Waals surface area contributed by atoms with E-state index in [4.69, 9.17) is 16.3 Å². The molecule has 128 valence electrons. The first kappa shape index (κ1) is 17.1. The normalized spacial score (nSPS) is 15.5. The molecule has 1 aromatic heterocycles. The number of pyridine rings is 1. The van der Waals surface area contributed by atoms with E-state index in [9.17, 15) is 0 Å². The summed E-state index contributed by atoms with van der Waals surface area (Å²) < 4.78 is 5.73. The fraction of sp³-hybridized carbons (Fsp3) is 0.421. The van der Waals surface area contributed by atoms with Gasteiger partial charge in [0, 0.05) is 37.4 Å². The van der Waals surface area contributed by atoms with Crippen molar-refractivity contribution >= 4 is 17.4 Å². The minimum Gasteiger partial charge on any atom is -0.494 e. The second-order valence-electron chi connectivity index (χ2n) is 6.03. The lowest BCUT2D eigenvalue weighted by molar-refractivity contribution is 0.238. The predicted molar refractivity (Wildman–Crippen MR) is 99.1 cm³/mol. The Bertz CT molecular complexity index is 598. The van der Waals surface area contributed by atoms with Gasteiger partial charge >= 0.3 is 0 Å². The van der Waals surface area contributed by atoms with E-state index in [1.165, 1.54) is 0 Å². The number of hydrogen-bond donors (Lipinski definition) is 0. The first-order chi connectivity index (χ1) is 11.8. The molecule has 2 heterocycles. The molecule has 1 aliphatic heterocycles. The Labute approximate surface area is 149 Å². The minimum absolute atomic E-state index is 0.743. The molecule has 1 saturated heterocycles. The molecule has 24 heavy (non-hydrogen) atoms. The Balaban J connectivity index is 1.29. The lowest BCUT2D eigenvalue weighted by atomic mass is 10.2. The van der Waals surface area contributed by atoms with Gasteiger partial charge in [-0.2, -0.15) is 0 Å². The van der Waals surface area contributed by atoms with Gasteiger partial charge in [0.1, 0.15) is 11.6 Å². The van der Waals surface area contributed by atoms with E-state index in [-0.39, 0.29) is 0 Å². The van der Waals surface area contributed by atoms with Gasteiger partial charge in [-0.3, -0.25) is 4.90 Å². The topological polar surface area (TPSA) is 28.6 Å². The fourth-order valence-corrected chi connectivity index (χ4v) is 3.03. The van der Waals surface area contributed by atoms with Crippen LogP contribution in [0.2, 0.25) is 5.02 Å². The molecule has 5 heteroatoms. The molecule has 1 aliphatic rings. The molecule has 4 nitrogen and oxygen atoms in total. The Morgan fingerprint density at radius 2 is 1.75 bits per heavy atom. The summed E-state index contributed by atoms with van der Waals surface area (Å²) in [5.74, 6) is 1.98. The highest BCUT2D eigenvalue weighted by Gasteiger charge is 2.17. The molecule has 0 aliphatic carbocycles. The first-order valence-corrected chi connectivity index (χ1v) is 8.96. The van der Waals surface area contributed by atoms with Gasteiger partial charge in [-0.1, -0.05) is 17.7 Å². The van der Waals surface area contributed by atoms with E-state index < -0.39 is 0 Å². The van der Waals surface area contributed by atoms with Crippen LogP contribution in [0.25, 0.3) is 0 Å². The summed E-state index contributed by atoms with van der Waals surface area (Å²) in [5, 5.41) is 0.743. The van der Waals surface area contributed by atoms with Crippen LogP contribution in [-0.4, -0.2) is 49.2 Å². The molecule has 2 aromatic rings. The lowest BCUT2D eigenvalue weighted by Gasteiger charge is -2.35. The van der Waals surface area contributed by atoms with Gasteiger partial charge in [-0.25, -0.2) is 4.98 Å². The van der Waals surface area contributed by atoms with Crippen LogP contribution < -0.4 is 9.64 Å². The third-order valence-electron chi connectivity index (χ3n) is 4.30. The average molecular weight is 346 g/mol. The zero-order valence-corrected chi connectivity index (χ0v) is 14.7. The molecule has 0 amide bonds. The van der Waals surface area contributed by atoms with Crippen LogP contribution >= 0.6 is 11.6 Å². The quantitative estimate of drug-likeness (QED) is 0.715. The van der Waals surface area contributed by atoms with Crippen LogP contribution in [0.4, 0.5) is 5.82 Å². The van der Waals surface area contributed by atoms with Crippen molar-refractivity contribution < 1.29 is 4.74 Å². The van der Waals surface area contributed by atoms with Crippen molar-refractivity contribution in [1.29, 1.82) is 0 Å². The number of halogens is 1. The van der Waals surface area contributed by atoms with E-state index >= 15 is 0 Å². The monoisotopic (exact) mass is 345 g/mol. The molecular formula is C19H24ClN3O. The molecule has 0 spiro atoms. The number of rotatable bonds is 7. The highest BCUT2D eigenvalue weighted by atomic mass is 35.5. The molecule has 0 atom stereocenters. The number of anilines is 1. The number of ether oxygens (including phenoxy) is 1. The van der Waals surface area contributed by atoms with Crippen LogP contribution in [-0.2, 0) is 0 Å². The maximum absolute atomic E-state index is 5.86. The van der Waals surface area contributed by atoms with Gasteiger partial charge in [-0.15, -0.1) is 0 Å². The molecular weight excluding hydrogens is 322 g/mol. The Morgan fingerprint density at radius 1 is 0.958 bits per heavy atom. The third-order valence-corrected chi connectivity index (χ3v) is 4.55. The molecule has 0 saturated carbocycles. The number of benzene rings is 1. The largest absolute Gasteiger partial charge is 0.494 e. The Morgan fingerprint density at radius 3 is 2.46 bits per heavy atom. The van der Waals surface area contributed by atoms with Crippen molar-refractivity contribution in [2.75, 3.05) is 44.2 Å². The Kier molecular flexibility index (Phi) is 6.33. The SMILES string of the molecule is Clc1ccc(OCCCCN2CCN(c3ccccn3)CC2)cc1. The van der Waals surface area contributed by atoms with Gasteiger partial charge in [0.2, 0.25) is 0 Å². The van der Waals surface area contributed by atoms with Crippen molar-refractivity contribution in [3.63, 3.8) is 0 Å². The van der Waals surface area contributed by atoms with Gasteiger partial charge in [0.05, 0.1) is 6.61 Å². The van der Waals surface area contributed by atoms with E-state index in [2.05, 4.69) is 26.9 Å². The average Bonchev–Trinajstić information content (AvgIpc) is 2.64. The summed E-state index contributed by atoms with van der Waals surface area (Å²) in [6, 6.07) is 13.7. The summed E-state index contributed by atoms with van der Waals surface area (Å²) in [4.78, 5) is 9.32. The molecule has 0 N–H and O–H groups in total. The van der Waals surface area contributed by atoms with E-state index in [0.717, 1.165) is 68.8 Å². The van der Waals surface area contributed by atoms with Gasteiger partial charge < -0.3 is 9.64 Å². The first-order valence-electron chi connectivity index (χ1n) is 8.58. The van der Waals surface area contributed by atoms with Crippen molar-refractivity contribution in [1.82, 2.24) is 9.88 Å². The van der Waals surface area contributed by atoms with Crippen molar-refractivity contribution in [2.45, 2.75) is 12.8 Å². The summed E-state index contributed by atoms with van der Waals surface area (Å²) in [7, 11) is 0. The maximum Gasteiger partial charge on any atom is 0.128 e. The predicted octanol–water partition coefficient (Wildman–Crippen LogP) is 3.72. The molecule has 1 aromatic carbocycles. The summed E-state index contributed by atoms with van der Waals surface area (Å²) in [5.41, 5.74) is 0. The standard InChI is InChI=1S/C19H24ClN3O/c20-17-6-8-18(9-7-17)24-16-4-3-11-22-12-14-23(15-13-22)19-5-1-2-10-21-19/h1-2,5-10H,3-4,11-16H2. The van der Waals surface area contributed by atoms with Crippen LogP contribution in [0.1, 0.15) is 12.8 Å².